The number of likely N-dealkylation sites (tertiary alicyclic amines) is 1. The zero-order valence-corrected chi connectivity index (χ0v) is 19.0. The number of hydrogen-bond donors (Lipinski definition) is 1. The fraction of sp³-hybridized carbons (Fsp3) is 0.962. The van der Waals surface area contributed by atoms with E-state index in [9.17, 15) is 9.90 Å². The number of aliphatic hydroxyl groups is 1. The first-order chi connectivity index (χ1) is 13.8. The molecule has 5 aliphatic rings. The molecule has 1 N–H and O–H groups in total. The van der Waals surface area contributed by atoms with Crippen molar-refractivity contribution in [2.45, 2.75) is 109 Å². The molecule has 29 heavy (non-hydrogen) atoms. The summed E-state index contributed by atoms with van der Waals surface area (Å²) in [5.74, 6) is 4.84. The lowest BCUT2D eigenvalue weighted by Crippen LogP contribution is -2.53. The first kappa shape index (κ1) is 20.3. The molecule has 1 heterocycles. The third-order valence-corrected chi connectivity index (χ3v) is 10.6. The van der Waals surface area contributed by atoms with Crippen LogP contribution in [-0.4, -0.2) is 34.1 Å². The van der Waals surface area contributed by atoms with Crippen LogP contribution in [0.4, 0.5) is 0 Å². The van der Waals surface area contributed by atoms with Gasteiger partial charge in [-0.3, -0.25) is 4.79 Å². The molecule has 0 spiro atoms. The normalized spacial score (nSPS) is 52.4. The Hall–Kier alpha value is -0.570. The Morgan fingerprint density at radius 3 is 2.48 bits per heavy atom. The monoisotopic (exact) mass is 401 g/mol. The second kappa shape index (κ2) is 7.24. The summed E-state index contributed by atoms with van der Waals surface area (Å²) in [7, 11) is 0. The molecule has 1 unspecified atom stereocenters. The van der Waals surface area contributed by atoms with Crippen LogP contribution in [0, 0.1) is 40.9 Å². The Morgan fingerprint density at radius 2 is 1.69 bits per heavy atom. The van der Waals surface area contributed by atoms with Gasteiger partial charge in [0.25, 0.3) is 0 Å². The molecule has 0 bridgehead atoms. The van der Waals surface area contributed by atoms with Crippen molar-refractivity contribution in [2.75, 3.05) is 6.54 Å². The molecular formula is C26H43NO2. The van der Waals surface area contributed by atoms with Gasteiger partial charge in [0.2, 0.25) is 5.91 Å². The Balaban J connectivity index is 1.33. The van der Waals surface area contributed by atoms with Crippen molar-refractivity contribution in [1.29, 1.82) is 0 Å². The predicted octanol–water partition coefficient (Wildman–Crippen LogP) is 5.41. The van der Waals surface area contributed by atoms with Crippen LogP contribution < -0.4 is 0 Å². The third-order valence-electron chi connectivity index (χ3n) is 10.6. The van der Waals surface area contributed by atoms with E-state index in [2.05, 4.69) is 25.7 Å². The van der Waals surface area contributed by atoms with E-state index in [-0.39, 0.29) is 11.3 Å². The maximum atomic E-state index is 13.6. The van der Waals surface area contributed by atoms with Gasteiger partial charge < -0.3 is 10.0 Å². The number of fused-ring (bicyclic) bond motifs is 5. The summed E-state index contributed by atoms with van der Waals surface area (Å²) < 4.78 is 0. The standard InChI is InChI=1S/C26H43NO2/c1-17-6-4-5-15-27(17)24(28)23-10-9-22-21-8-7-18-16-25(2,29)13-11-19(18)20(21)12-14-26(22,23)3/h17-23,29H,4-16H2,1-3H3/t17-,18?,19+,20-,21-,22+,23-,25-,26+/m1/s1. The molecule has 3 heteroatoms. The number of nitrogens with zero attached hydrogens (tertiary/aromatic N) is 1. The molecule has 5 rings (SSSR count). The van der Waals surface area contributed by atoms with Crippen molar-refractivity contribution in [2.24, 2.45) is 40.9 Å². The Labute approximate surface area is 178 Å². The number of carbonyl (C=O) groups is 1. The summed E-state index contributed by atoms with van der Waals surface area (Å²) in [4.78, 5) is 15.9. The van der Waals surface area contributed by atoms with E-state index in [4.69, 9.17) is 0 Å². The number of piperidine rings is 1. The van der Waals surface area contributed by atoms with Crippen molar-refractivity contribution in [3.63, 3.8) is 0 Å². The lowest BCUT2D eigenvalue weighted by atomic mass is 9.49. The maximum Gasteiger partial charge on any atom is 0.226 e. The Bertz CT molecular complexity index is 645. The molecule has 5 fully saturated rings. The molecule has 4 saturated carbocycles. The summed E-state index contributed by atoms with van der Waals surface area (Å²) in [5, 5.41) is 10.6. The summed E-state index contributed by atoms with van der Waals surface area (Å²) in [6.07, 6.45) is 14.6. The zero-order chi connectivity index (χ0) is 20.4. The van der Waals surface area contributed by atoms with Gasteiger partial charge in [-0.25, -0.2) is 0 Å². The second-order valence-corrected chi connectivity index (χ2v) is 12.2. The van der Waals surface area contributed by atoms with Crippen molar-refractivity contribution in [3.05, 3.63) is 0 Å². The molecule has 0 aromatic carbocycles. The smallest absolute Gasteiger partial charge is 0.226 e. The van der Waals surface area contributed by atoms with Gasteiger partial charge in [-0.05, 0) is 126 Å². The van der Waals surface area contributed by atoms with Crippen LogP contribution in [0.3, 0.4) is 0 Å². The van der Waals surface area contributed by atoms with Gasteiger partial charge >= 0.3 is 0 Å². The fourth-order valence-corrected chi connectivity index (χ4v) is 9.11. The molecule has 1 amide bonds. The van der Waals surface area contributed by atoms with Gasteiger partial charge in [0, 0.05) is 18.5 Å². The highest BCUT2D eigenvalue weighted by Crippen LogP contribution is 2.64. The number of amides is 1. The lowest BCUT2D eigenvalue weighted by molar-refractivity contribution is -0.147. The van der Waals surface area contributed by atoms with E-state index in [0.717, 1.165) is 55.4 Å². The molecule has 164 valence electrons. The van der Waals surface area contributed by atoms with Crippen LogP contribution in [0.2, 0.25) is 0 Å². The molecule has 0 aromatic rings. The highest BCUT2D eigenvalue weighted by molar-refractivity contribution is 5.80. The fourth-order valence-electron chi connectivity index (χ4n) is 9.11. The van der Waals surface area contributed by atoms with Gasteiger partial charge in [-0.1, -0.05) is 6.92 Å². The van der Waals surface area contributed by atoms with E-state index in [1.165, 1.54) is 57.8 Å². The number of hydrogen-bond acceptors (Lipinski definition) is 2. The Morgan fingerprint density at radius 1 is 0.897 bits per heavy atom. The summed E-state index contributed by atoms with van der Waals surface area (Å²) in [6, 6.07) is 0.445. The highest BCUT2D eigenvalue weighted by atomic mass is 16.3. The molecule has 4 aliphatic carbocycles. The molecular weight excluding hydrogens is 358 g/mol. The average Bonchev–Trinajstić information content (AvgIpc) is 3.04. The second-order valence-electron chi connectivity index (χ2n) is 12.2. The Kier molecular flexibility index (Phi) is 5.08. The minimum absolute atomic E-state index is 0.239. The zero-order valence-electron chi connectivity index (χ0n) is 19.0. The minimum Gasteiger partial charge on any atom is -0.390 e. The van der Waals surface area contributed by atoms with E-state index in [1.807, 2.05) is 0 Å². The van der Waals surface area contributed by atoms with E-state index in [0.29, 0.717) is 11.9 Å². The largest absolute Gasteiger partial charge is 0.390 e. The number of carbonyl (C=O) groups excluding carboxylic acids is 1. The minimum atomic E-state index is -0.423. The molecule has 1 saturated heterocycles. The van der Waals surface area contributed by atoms with Crippen molar-refractivity contribution in [1.82, 2.24) is 4.90 Å². The third kappa shape index (κ3) is 3.29. The highest BCUT2D eigenvalue weighted by Gasteiger charge is 2.59. The van der Waals surface area contributed by atoms with Gasteiger partial charge in [-0.2, -0.15) is 0 Å². The maximum absolute atomic E-state index is 13.6. The van der Waals surface area contributed by atoms with Crippen LogP contribution in [0.15, 0.2) is 0 Å². The van der Waals surface area contributed by atoms with Crippen LogP contribution in [0.25, 0.3) is 0 Å². The summed E-state index contributed by atoms with van der Waals surface area (Å²) >= 11 is 0. The van der Waals surface area contributed by atoms with Gasteiger partial charge in [-0.15, -0.1) is 0 Å². The SMILES string of the molecule is C[C@@H]1CCCCN1C(=O)[C@H]1CC[C@H]2[C@@H]3CCC4C[C@](C)(O)CC[C@@H]4[C@H]3CC[C@]12C. The molecule has 0 radical (unpaired) electrons. The quantitative estimate of drug-likeness (QED) is 0.638. The molecule has 0 aromatic heterocycles. The van der Waals surface area contributed by atoms with Crippen LogP contribution in [0.1, 0.15) is 97.8 Å². The molecule has 3 nitrogen and oxygen atoms in total. The topological polar surface area (TPSA) is 40.5 Å². The van der Waals surface area contributed by atoms with Crippen LogP contribution in [-0.2, 0) is 4.79 Å². The van der Waals surface area contributed by atoms with E-state index in [1.54, 1.807) is 0 Å². The van der Waals surface area contributed by atoms with E-state index >= 15 is 0 Å². The summed E-state index contributed by atoms with van der Waals surface area (Å²) in [6.45, 7) is 7.81. The van der Waals surface area contributed by atoms with Gasteiger partial charge in [0.1, 0.15) is 0 Å². The summed E-state index contributed by atoms with van der Waals surface area (Å²) in [5.41, 5.74) is -0.185. The van der Waals surface area contributed by atoms with Gasteiger partial charge in [0.15, 0.2) is 0 Å². The first-order valence-electron chi connectivity index (χ1n) is 12.8. The average molecular weight is 402 g/mol. The predicted molar refractivity (Wildman–Crippen MR) is 116 cm³/mol. The molecule has 1 aliphatic heterocycles. The van der Waals surface area contributed by atoms with Crippen LogP contribution in [0.5, 0.6) is 0 Å². The van der Waals surface area contributed by atoms with Crippen molar-refractivity contribution < 1.29 is 9.90 Å². The van der Waals surface area contributed by atoms with Crippen molar-refractivity contribution in [3.8, 4) is 0 Å². The van der Waals surface area contributed by atoms with Gasteiger partial charge in [0.05, 0.1) is 5.60 Å². The van der Waals surface area contributed by atoms with Crippen molar-refractivity contribution >= 4 is 5.91 Å². The van der Waals surface area contributed by atoms with Crippen LogP contribution >= 0.6 is 0 Å². The number of rotatable bonds is 1. The molecule has 9 atom stereocenters. The first-order valence-corrected chi connectivity index (χ1v) is 12.8. The van der Waals surface area contributed by atoms with E-state index < -0.39 is 5.60 Å². The lowest BCUT2D eigenvalue weighted by Gasteiger charge is -2.57.